The molecule has 1 heterocycles. The van der Waals surface area contributed by atoms with Gasteiger partial charge in [-0.05, 0) is 43.2 Å². The molecule has 1 aliphatic rings. The maximum absolute atomic E-state index is 11.9. The second kappa shape index (κ2) is 10.8. The molecule has 1 aliphatic carbocycles. The number of hydrogen-bond donors (Lipinski definition) is 4. The Morgan fingerprint density at radius 3 is 2.43 bits per heavy atom. The topological polar surface area (TPSA) is 170 Å². The molecule has 0 aliphatic heterocycles. The van der Waals surface area contributed by atoms with Crippen molar-refractivity contribution in [3.8, 4) is 17.4 Å². The van der Waals surface area contributed by atoms with E-state index in [9.17, 15) is 18.0 Å². The van der Waals surface area contributed by atoms with Gasteiger partial charge in [-0.15, -0.1) is 0 Å². The summed E-state index contributed by atoms with van der Waals surface area (Å²) in [5.74, 6) is 0.655. The Morgan fingerprint density at radius 1 is 1.17 bits per heavy atom. The van der Waals surface area contributed by atoms with Crippen molar-refractivity contribution in [3.05, 3.63) is 53.1 Å². The molecule has 0 bridgehead atoms. The van der Waals surface area contributed by atoms with E-state index in [1.807, 2.05) is 0 Å². The van der Waals surface area contributed by atoms with Gasteiger partial charge in [0.25, 0.3) is 10.1 Å². The Kier molecular flexibility index (Phi) is 7.99. The average Bonchev–Trinajstić information content (AvgIpc) is 3.57. The van der Waals surface area contributed by atoms with E-state index in [4.69, 9.17) is 31.4 Å². The maximum Gasteiger partial charge on any atom is 0.319 e. The lowest BCUT2D eigenvalue weighted by molar-refractivity contribution is 0.100. The average molecular weight is 523 g/mol. The van der Waals surface area contributed by atoms with Crippen LogP contribution in [0.4, 0.5) is 10.5 Å². The summed E-state index contributed by atoms with van der Waals surface area (Å²) < 4.78 is 37.1. The monoisotopic (exact) mass is 522 g/mol. The van der Waals surface area contributed by atoms with Crippen LogP contribution >= 0.6 is 11.6 Å². The van der Waals surface area contributed by atoms with Crippen LogP contribution in [0, 0.1) is 0 Å². The molecule has 186 valence electrons. The van der Waals surface area contributed by atoms with Gasteiger partial charge in [0.1, 0.15) is 11.5 Å². The molecule has 11 nitrogen and oxygen atoms in total. The lowest BCUT2D eigenvalue weighted by Crippen LogP contribution is -2.30. The molecule has 0 atom stereocenters. The number of amides is 3. The number of halogens is 1. The lowest BCUT2D eigenvalue weighted by atomic mass is 10.1. The highest BCUT2D eigenvalue weighted by molar-refractivity contribution is 7.85. The first-order valence-electron chi connectivity index (χ1n) is 10.2. The third-order valence-electron chi connectivity index (χ3n) is 4.57. The van der Waals surface area contributed by atoms with Gasteiger partial charge in [0.2, 0.25) is 11.8 Å². The Balaban J connectivity index is 0.000000623. The number of pyridine rings is 1. The number of methoxy groups -OCH3 is 1. The van der Waals surface area contributed by atoms with Gasteiger partial charge in [-0.2, -0.15) is 8.42 Å². The van der Waals surface area contributed by atoms with E-state index in [2.05, 4.69) is 15.6 Å². The van der Waals surface area contributed by atoms with Crippen LogP contribution in [0.5, 0.6) is 17.4 Å². The number of carbonyl (C=O) groups is 2. The van der Waals surface area contributed by atoms with Crippen LogP contribution < -0.4 is 25.8 Å². The van der Waals surface area contributed by atoms with E-state index < -0.39 is 16.0 Å². The molecule has 35 heavy (non-hydrogen) atoms. The molecule has 5 N–H and O–H groups in total. The van der Waals surface area contributed by atoms with Crippen LogP contribution in [-0.2, 0) is 10.1 Å². The number of nitrogens with zero attached hydrogens (tertiary/aromatic N) is 1. The van der Waals surface area contributed by atoms with Gasteiger partial charge in [0, 0.05) is 29.1 Å². The number of primary amides is 1. The molecule has 0 radical (unpaired) electrons. The number of aromatic nitrogens is 1. The van der Waals surface area contributed by atoms with Crippen molar-refractivity contribution in [1.29, 1.82) is 0 Å². The molecule has 0 saturated heterocycles. The molecule has 1 saturated carbocycles. The van der Waals surface area contributed by atoms with Crippen LogP contribution in [0.1, 0.15) is 23.2 Å². The first kappa shape index (κ1) is 26.0. The summed E-state index contributed by atoms with van der Waals surface area (Å²) in [5.41, 5.74) is 6.77. The van der Waals surface area contributed by atoms with Crippen molar-refractivity contribution < 1.29 is 32.0 Å². The quantitative estimate of drug-likeness (QED) is 0.356. The van der Waals surface area contributed by atoms with Gasteiger partial charge < -0.3 is 25.8 Å². The number of hydrogen-bond acceptors (Lipinski definition) is 7. The highest BCUT2D eigenvalue weighted by Gasteiger charge is 2.23. The van der Waals surface area contributed by atoms with Crippen molar-refractivity contribution in [2.24, 2.45) is 5.73 Å². The minimum Gasteiger partial charge on any atom is -0.481 e. The Hall–Kier alpha value is -3.61. The normalized spacial score (nSPS) is 12.8. The third kappa shape index (κ3) is 7.98. The fourth-order valence-corrected chi connectivity index (χ4v) is 3.09. The zero-order valence-corrected chi connectivity index (χ0v) is 20.3. The van der Waals surface area contributed by atoms with Gasteiger partial charge >= 0.3 is 6.03 Å². The second-order valence-electron chi connectivity index (χ2n) is 7.61. The molecule has 0 spiro atoms. The number of nitrogens with two attached hydrogens (primary N) is 1. The number of ether oxygens (including phenoxy) is 2. The van der Waals surface area contributed by atoms with Gasteiger partial charge in [-0.25, -0.2) is 9.78 Å². The SMILES string of the molecule is COc1cc(Oc2ccc(NC(=O)NC3CC3)c(Cl)c2)c2cc(C(N)=O)ccc2n1.CS(=O)(=O)O. The number of anilines is 1. The number of benzene rings is 2. The lowest BCUT2D eigenvalue weighted by Gasteiger charge is -2.13. The molecule has 1 aromatic heterocycles. The number of nitrogens with one attached hydrogen (secondary N) is 2. The standard InChI is InChI=1S/C21H19ClN4O4.CH4O3S/c1-29-19-10-18(14-8-11(20(23)27)2-6-16(14)25-19)30-13-5-7-17(15(22)9-13)26-21(28)24-12-3-4-12;1-5(2,3)4/h2,5-10,12H,3-4H2,1H3,(H2,23,27)(H2,24,26,28);1H3,(H,2,3,4). The summed E-state index contributed by atoms with van der Waals surface area (Å²) in [4.78, 5) is 27.8. The van der Waals surface area contributed by atoms with Crippen molar-refractivity contribution in [3.63, 3.8) is 0 Å². The number of rotatable bonds is 6. The van der Waals surface area contributed by atoms with Crippen LogP contribution in [0.2, 0.25) is 5.02 Å². The second-order valence-corrected chi connectivity index (χ2v) is 9.48. The first-order chi connectivity index (χ1) is 16.4. The van der Waals surface area contributed by atoms with E-state index >= 15 is 0 Å². The van der Waals surface area contributed by atoms with Crippen molar-refractivity contribution in [2.75, 3.05) is 18.7 Å². The van der Waals surface area contributed by atoms with E-state index in [0.29, 0.717) is 50.8 Å². The first-order valence-corrected chi connectivity index (χ1v) is 12.4. The molecule has 3 amide bonds. The smallest absolute Gasteiger partial charge is 0.319 e. The van der Waals surface area contributed by atoms with Crippen LogP contribution in [0.3, 0.4) is 0 Å². The van der Waals surface area contributed by atoms with Crippen molar-refractivity contribution in [2.45, 2.75) is 18.9 Å². The summed E-state index contributed by atoms with van der Waals surface area (Å²) in [5, 5.41) is 6.47. The van der Waals surface area contributed by atoms with Crippen LogP contribution in [0.15, 0.2) is 42.5 Å². The van der Waals surface area contributed by atoms with E-state index in [1.54, 1.807) is 42.5 Å². The Morgan fingerprint density at radius 2 is 1.86 bits per heavy atom. The maximum atomic E-state index is 11.9. The summed E-state index contributed by atoms with van der Waals surface area (Å²) in [7, 11) is -2.17. The van der Waals surface area contributed by atoms with Crippen molar-refractivity contribution >= 4 is 50.2 Å². The molecular weight excluding hydrogens is 500 g/mol. The predicted molar refractivity (Wildman–Crippen MR) is 131 cm³/mol. The van der Waals surface area contributed by atoms with Gasteiger partial charge in [-0.3, -0.25) is 9.35 Å². The molecule has 0 unspecified atom stereocenters. The third-order valence-corrected chi connectivity index (χ3v) is 4.88. The molecule has 1 fully saturated rings. The highest BCUT2D eigenvalue weighted by atomic mass is 35.5. The highest BCUT2D eigenvalue weighted by Crippen LogP contribution is 2.35. The fraction of sp³-hybridized carbons (Fsp3) is 0.227. The zero-order chi connectivity index (χ0) is 25.8. The zero-order valence-electron chi connectivity index (χ0n) is 18.7. The molecule has 4 rings (SSSR count). The minimum absolute atomic E-state index is 0.242. The van der Waals surface area contributed by atoms with Crippen LogP contribution in [0.25, 0.3) is 10.9 Å². The largest absolute Gasteiger partial charge is 0.481 e. The van der Waals surface area contributed by atoms with Gasteiger partial charge in [-0.1, -0.05) is 11.6 Å². The molecule has 13 heteroatoms. The number of urea groups is 1. The van der Waals surface area contributed by atoms with E-state index in [-0.39, 0.29) is 12.1 Å². The van der Waals surface area contributed by atoms with Gasteiger partial charge in [0.15, 0.2) is 0 Å². The summed E-state index contributed by atoms with van der Waals surface area (Å²) in [6, 6.07) is 11.3. The Bertz CT molecular complexity index is 1370. The van der Waals surface area contributed by atoms with Crippen molar-refractivity contribution in [1.82, 2.24) is 10.3 Å². The van der Waals surface area contributed by atoms with E-state index in [1.165, 1.54) is 7.11 Å². The summed E-state index contributed by atoms with van der Waals surface area (Å²) in [6.45, 7) is 0. The van der Waals surface area contributed by atoms with Gasteiger partial charge in [0.05, 0.1) is 29.6 Å². The molecular formula is C22H23ClN4O7S. The van der Waals surface area contributed by atoms with E-state index in [0.717, 1.165) is 12.8 Å². The number of fused-ring (bicyclic) bond motifs is 1. The number of carbonyl (C=O) groups excluding carboxylic acids is 2. The molecule has 3 aromatic rings. The predicted octanol–water partition coefficient (Wildman–Crippen LogP) is 3.58. The summed E-state index contributed by atoms with van der Waals surface area (Å²) >= 11 is 6.31. The fourth-order valence-electron chi connectivity index (χ4n) is 2.87. The minimum atomic E-state index is -3.67. The molecule has 2 aromatic carbocycles. The Labute approximate surface area is 206 Å². The summed E-state index contributed by atoms with van der Waals surface area (Å²) in [6.07, 6.45) is 2.70. The van der Waals surface area contributed by atoms with Crippen LogP contribution in [-0.4, -0.2) is 49.3 Å².